The smallest absolute Gasteiger partial charge is 0.238 e. The van der Waals surface area contributed by atoms with Crippen LogP contribution in [0.4, 0.5) is 5.69 Å². The molecule has 6 nitrogen and oxygen atoms in total. The summed E-state index contributed by atoms with van der Waals surface area (Å²) in [5, 5.41) is 6.15. The van der Waals surface area contributed by atoms with Gasteiger partial charge in [0.05, 0.1) is 12.3 Å². The maximum Gasteiger partial charge on any atom is 0.238 e. The van der Waals surface area contributed by atoms with Crippen LogP contribution in [0.15, 0.2) is 18.2 Å². The summed E-state index contributed by atoms with van der Waals surface area (Å²) in [5.74, 6) is -0.285. The van der Waals surface area contributed by atoms with Crippen LogP contribution in [-0.4, -0.2) is 51.6 Å². The van der Waals surface area contributed by atoms with E-state index in [2.05, 4.69) is 10.6 Å². The molecule has 0 aliphatic carbocycles. The molecule has 1 aromatic rings. The van der Waals surface area contributed by atoms with Crippen molar-refractivity contribution in [1.29, 1.82) is 0 Å². The van der Waals surface area contributed by atoms with E-state index < -0.39 is 10.0 Å². The van der Waals surface area contributed by atoms with E-state index in [0.29, 0.717) is 10.7 Å². The Bertz CT molecular complexity index is 603. The predicted octanol–water partition coefficient (Wildman–Crippen LogP) is 1.07. The molecule has 118 valence electrons. The van der Waals surface area contributed by atoms with Crippen LogP contribution in [-0.2, 0) is 14.8 Å². The first-order valence-electron chi connectivity index (χ1n) is 6.39. The number of anilines is 1. The van der Waals surface area contributed by atoms with Gasteiger partial charge in [0, 0.05) is 31.4 Å². The third-order valence-electron chi connectivity index (χ3n) is 2.82. The van der Waals surface area contributed by atoms with Gasteiger partial charge in [0.25, 0.3) is 0 Å². The molecule has 8 heteroatoms. The number of rotatable bonds is 7. The summed E-state index contributed by atoms with van der Waals surface area (Å²) in [6, 6.07) is 5.20. The van der Waals surface area contributed by atoms with Crippen molar-refractivity contribution in [1.82, 2.24) is 9.62 Å². The minimum atomic E-state index is -3.24. The molecular weight excluding hydrogens is 314 g/mol. The lowest BCUT2D eigenvalue weighted by Gasteiger charge is -2.11. The third kappa shape index (κ3) is 6.01. The first kappa shape index (κ1) is 17.9. The Morgan fingerprint density at radius 3 is 2.57 bits per heavy atom. The minimum absolute atomic E-state index is 0.0463. The first-order valence-corrected chi connectivity index (χ1v) is 8.38. The molecule has 1 amide bonds. The number of halogens is 1. The predicted molar refractivity (Wildman–Crippen MR) is 85.2 cm³/mol. The van der Waals surface area contributed by atoms with Crippen molar-refractivity contribution >= 4 is 33.2 Å². The highest BCUT2D eigenvalue weighted by molar-refractivity contribution is 7.89. The lowest BCUT2D eigenvalue weighted by atomic mass is 10.2. The number of nitrogens with one attached hydrogen (secondary N) is 2. The number of carbonyl (C=O) groups excluding carboxylic acids is 1. The molecule has 0 bridgehead atoms. The van der Waals surface area contributed by atoms with E-state index in [4.69, 9.17) is 11.6 Å². The summed E-state index contributed by atoms with van der Waals surface area (Å²) in [6.07, 6.45) is 0. The second kappa shape index (κ2) is 7.74. The van der Waals surface area contributed by atoms with Crippen LogP contribution < -0.4 is 10.6 Å². The maximum atomic E-state index is 11.7. The lowest BCUT2D eigenvalue weighted by molar-refractivity contribution is -0.115. The highest BCUT2D eigenvalue weighted by Crippen LogP contribution is 2.19. The van der Waals surface area contributed by atoms with E-state index in [1.807, 2.05) is 6.92 Å². The van der Waals surface area contributed by atoms with Gasteiger partial charge >= 0.3 is 0 Å². The number of amides is 1. The van der Waals surface area contributed by atoms with E-state index in [1.54, 1.807) is 18.2 Å². The molecule has 0 spiro atoms. The summed E-state index contributed by atoms with van der Waals surface area (Å²) in [4.78, 5) is 11.7. The average Bonchev–Trinajstić information content (AvgIpc) is 2.39. The quantitative estimate of drug-likeness (QED) is 0.732. The molecule has 0 saturated carbocycles. The fourth-order valence-corrected chi connectivity index (χ4v) is 2.40. The molecule has 0 saturated heterocycles. The highest BCUT2D eigenvalue weighted by atomic mass is 35.5. The lowest BCUT2D eigenvalue weighted by Crippen LogP contribution is -2.34. The van der Waals surface area contributed by atoms with Gasteiger partial charge in [0.2, 0.25) is 15.9 Å². The Kier molecular flexibility index (Phi) is 6.60. The third-order valence-corrected chi connectivity index (χ3v) is 5.08. The van der Waals surface area contributed by atoms with Gasteiger partial charge in [-0.15, -0.1) is 0 Å². The molecule has 0 unspecified atom stereocenters. The molecule has 0 heterocycles. The van der Waals surface area contributed by atoms with Crippen molar-refractivity contribution < 1.29 is 13.2 Å². The first-order chi connectivity index (χ1) is 9.72. The van der Waals surface area contributed by atoms with Crippen molar-refractivity contribution in [3.05, 3.63) is 28.8 Å². The minimum Gasteiger partial charge on any atom is -0.325 e. The Hall–Kier alpha value is -1.15. The number of aryl methyl sites for hydroxylation is 1. The molecule has 21 heavy (non-hydrogen) atoms. The molecule has 1 aromatic carbocycles. The zero-order valence-corrected chi connectivity index (χ0v) is 13.9. The standard InChI is InChI=1S/C13H20ClN3O3S/c1-10-8-11(4-5-12(10)14)16-13(18)9-15-6-7-21(19,20)17(2)3/h4-5,8,15H,6-7,9H2,1-3H3,(H,16,18). The van der Waals surface area contributed by atoms with Crippen LogP contribution in [0.25, 0.3) is 0 Å². The molecule has 0 aliphatic heterocycles. The average molecular weight is 334 g/mol. The Morgan fingerprint density at radius 2 is 2.00 bits per heavy atom. The molecule has 0 fully saturated rings. The normalized spacial score (nSPS) is 11.7. The summed E-state index contributed by atoms with van der Waals surface area (Å²) >= 11 is 5.90. The van der Waals surface area contributed by atoms with Crippen molar-refractivity contribution in [3.63, 3.8) is 0 Å². The Morgan fingerprint density at radius 1 is 1.33 bits per heavy atom. The van der Waals surface area contributed by atoms with Gasteiger partial charge in [-0.2, -0.15) is 0 Å². The summed E-state index contributed by atoms with van der Waals surface area (Å²) in [5.41, 5.74) is 1.53. The van der Waals surface area contributed by atoms with E-state index in [-0.39, 0.29) is 24.7 Å². The van der Waals surface area contributed by atoms with E-state index in [1.165, 1.54) is 14.1 Å². The van der Waals surface area contributed by atoms with Gasteiger partial charge in [-0.05, 0) is 30.7 Å². The second-order valence-electron chi connectivity index (χ2n) is 4.79. The van der Waals surface area contributed by atoms with E-state index in [9.17, 15) is 13.2 Å². The van der Waals surface area contributed by atoms with Crippen molar-refractivity contribution in [2.45, 2.75) is 6.92 Å². The van der Waals surface area contributed by atoms with Gasteiger partial charge in [-0.1, -0.05) is 11.6 Å². The highest BCUT2D eigenvalue weighted by Gasteiger charge is 2.12. The molecule has 1 rings (SSSR count). The van der Waals surface area contributed by atoms with Gasteiger partial charge in [-0.25, -0.2) is 12.7 Å². The largest absolute Gasteiger partial charge is 0.325 e. The van der Waals surface area contributed by atoms with Crippen molar-refractivity contribution in [2.75, 3.05) is 38.3 Å². The van der Waals surface area contributed by atoms with E-state index >= 15 is 0 Å². The summed E-state index contributed by atoms with van der Waals surface area (Å²) in [6.45, 7) is 2.11. The summed E-state index contributed by atoms with van der Waals surface area (Å²) < 4.78 is 24.2. The zero-order valence-electron chi connectivity index (χ0n) is 12.3. The maximum absolute atomic E-state index is 11.7. The molecule has 2 N–H and O–H groups in total. The molecule has 0 radical (unpaired) electrons. The summed E-state index contributed by atoms with van der Waals surface area (Å²) in [7, 11) is -0.287. The SMILES string of the molecule is Cc1cc(NC(=O)CNCCS(=O)(=O)N(C)C)ccc1Cl. The monoisotopic (exact) mass is 333 g/mol. The number of carbonyl (C=O) groups is 1. The molecule has 0 atom stereocenters. The number of nitrogens with zero attached hydrogens (tertiary/aromatic N) is 1. The van der Waals surface area contributed by atoms with Gasteiger partial charge < -0.3 is 10.6 Å². The fourth-order valence-electron chi connectivity index (χ4n) is 1.51. The second-order valence-corrected chi connectivity index (χ2v) is 7.50. The number of hydrogen-bond acceptors (Lipinski definition) is 4. The van der Waals surface area contributed by atoms with Crippen LogP contribution in [0.3, 0.4) is 0 Å². The van der Waals surface area contributed by atoms with Crippen LogP contribution in [0.5, 0.6) is 0 Å². The number of hydrogen-bond donors (Lipinski definition) is 2. The topological polar surface area (TPSA) is 78.5 Å². The molecular formula is C13H20ClN3O3S. The number of sulfonamides is 1. The van der Waals surface area contributed by atoms with Crippen LogP contribution >= 0.6 is 11.6 Å². The fraction of sp³-hybridized carbons (Fsp3) is 0.462. The molecule has 0 aromatic heterocycles. The Balaban J connectivity index is 2.36. The van der Waals surface area contributed by atoms with Gasteiger partial charge in [0.1, 0.15) is 0 Å². The number of benzene rings is 1. The van der Waals surface area contributed by atoms with Crippen molar-refractivity contribution in [3.8, 4) is 0 Å². The van der Waals surface area contributed by atoms with Crippen LogP contribution in [0.1, 0.15) is 5.56 Å². The Labute approximate surface area is 130 Å². The van der Waals surface area contributed by atoms with E-state index in [0.717, 1.165) is 9.87 Å². The zero-order chi connectivity index (χ0) is 16.0. The van der Waals surface area contributed by atoms with Crippen molar-refractivity contribution in [2.24, 2.45) is 0 Å². The van der Waals surface area contributed by atoms with Crippen LogP contribution in [0, 0.1) is 6.92 Å². The van der Waals surface area contributed by atoms with Gasteiger partial charge in [-0.3, -0.25) is 4.79 Å². The van der Waals surface area contributed by atoms with Crippen LogP contribution in [0.2, 0.25) is 5.02 Å². The van der Waals surface area contributed by atoms with Gasteiger partial charge in [0.15, 0.2) is 0 Å². The molecule has 0 aliphatic rings.